The van der Waals surface area contributed by atoms with E-state index in [9.17, 15) is 18.0 Å². The Hall–Kier alpha value is -3.07. The number of anilines is 1. The van der Waals surface area contributed by atoms with Gasteiger partial charge in [0.1, 0.15) is 18.3 Å². The zero-order chi connectivity index (χ0) is 26.1. The Morgan fingerprint density at radius 1 is 1.03 bits per heavy atom. The summed E-state index contributed by atoms with van der Waals surface area (Å²) in [4.78, 5) is 28.2. The average Bonchev–Trinajstić information content (AvgIpc) is 2.88. The molecule has 2 amide bonds. The van der Waals surface area contributed by atoms with Crippen molar-refractivity contribution in [3.05, 3.63) is 60.2 Å². The predicted molar refractivity (Wildman–Crippen MR) is 142 cm³/mol. The maximum Gasteiger partial charge on any atom is 0.244 e. The van der Waals surface area contributed by atoms with Gasteiger partial charge < -0.3 is 15.0 Å². The molecule has 8 nitrogen and oxygen atoms in total. The fraction of sp³-hybridized carbons (Fsp3) is 0.481. The Kier molecular flexibility index (Phi) is 9.75. The number of rotatable bonds is 11. The van der Waals surface area contributed by atoms with Crippen LogP contribution in [0, 0.1) is 0 Å². The lowest BCUT2D eigenvalue weighted by Gasteiger charge is -2.33. The number of carbonyl (C=O) groups is 2. The first-order valence-electron chi connectivity index (χ1n) is 12.4. The number of sulfonamides is 1. The van der Waals surface area contributed by atoms with Gasteiger partial charge in [0.25, 0.3) is 0 Å². The summed E-state index contributed by atoms with van der Waals surface area (Å²) in [6, 6.07) is 15.6. The third kappa shape index (κ3) is 7.71. The fourth-order valence-corrected chi connectivity index (χ4v) is 5.35. The van der Waals surface area contributed by atoms with Gasteiger partial charge in [0.15, 0.2) is 0 Å². The summed E-state index contributed by atoms with van der Waals surface area (Å²) < 4.78 is 31.5. The number of hydrogen-bond acceptors (Lipinski definition) is 5. The smallest absolute Gasteiger partial charge is 0.244 e. The van der Waals surface area contributed by atoms with Crippen LogP contribution in [-0.4, -0.2) is 63.7 Å². The van der Waals surface area contributed by atoms with Crippen molar-refractivity contribution in [3.63, 3.8) is 0 Å². The van der Waals surface area contributed by atoms with Gasteiger partial charge in [-0.1, -0.05) is 49.6 Å². The largest absolute Gasteiger partial charge is 0.497 e. The number of methoxy groups -OCH3 is 1. The Balaban J connectivity index is 1.80. The van der Waals surface area contributed by atoms with E-state index >= 15 is 0 Å². The van der Waals surface area contributed by atoms with Crippen molar-refractivity contribution in [3.8, 4) is 5.75 Å². The van der Waals surface area contributed by atoms with Crippen LogP contribution in [0.4, 0.5) is 5.69 Å². The molecular weight excluding hydrogens is 478 g/mol. The maximum absolute atomic E-state index is 13.6. The topological polar surface area (TPSA) is 96.0 Å². The van der Waals surface area contributed by atoms with Crippen LogP contribution in [0.2, 0.25) is 0 Å². The molecule has 36 heavy (non-hydrogen) atoms. The second kappa shape index (κ2) is 12.8. The van der Waals surface area contributed by atoms with Crippen molar-refractivity contribution in [1.82, 2.24) is 10.2 Å². The Morgan fingerprint density at radius 2 is 1.67 bits per heavy atom. The zero-order valence-corrected chi connectivity index (χ0v) is 22.2. The molecule has 0 unspecified atom stereocenters. The van der Waals surface area contributed by atoms with Crippen molar-refractivity contribution in [2.75, 3.05) is 30.8 Å². The predicted octanol–water partition coefficient (Wildman–Crippen LogP) is 3.37. The van der Waals surface area contributed by atoms with E-state index in [1.54, 1.807) is 31.2 Å². The average molecular weight is 516 g/mol. The quantitative estimate of drug-likeness (QED) is 0.495. The van der Waals surface area contributed by atoms with Gasteiger partial charge in [-0.05, 0) is 56.0 Å². The molecule has 1 saturated carbocycles. The molecule has 2 aromatic rings. The molecule has 1 fully saturated rings. The lowest BCUT2D eigenvalue weighted by atomic mass is 9.95. The van der Waals surface area contributed by atoms with Crippen molar-refractivity contribution in [2.45, 2.75) is 57.5 Å². The Morgan fingerprint density at radius 3 is 2.25 bits per heavy atom. The molecule has 1 aliphatic carbocycles. The standard InChI is InChI=1S/C27H37N3O5S/c1-21(27(32)28-23-12-8-5-9-13-23)29(19-18-22-10-6-4-7-11-22)26(31)20-30(36(3,33)34)24-14-16-25(35-2)17-15-24/h4,6-7,10-11,14-17,21,23H,5,8-9,12-13,18-20H2,1-3H3,(H,28,32)/t21-/m0/s1. The summed E-state index contributed by atoms with van der Waals surface area (Å²) in [5.74, 6) is -0.0619. The number of hydrogen-bond donors (Lipinski definition) is 1. The van der Waals surface area contributed by atoms with E-state index in [1.807, 2.05) is 30.3 Å². The monoisotopic (exact) mass is 515 g/mol. The van der Waals surface area contributed by atoms with Gasteiger partial charge >= 0.3 is 0 Å². The van der Waals surface area contributed by atoms with Gasteiger partial charge in [-0.15, -0.1) is 0 Å². The van der Waals surface area contributed by atoms with Crippen molar-refractivity contribution in [2.24, 2.45) is 0 Å². The van der Waals surface area contributed by atoms with Crippen LogP contribution in [0.1, 0.15) is 44.6 Å². The number of nitrogens with zero attached hydrogens (tertiary/aromatic N) is 2. The number of carbonyl (C=O) groups excluding carboxylic acids is 2. The van der Waals surface area contributed by atoms with Crippen LogP contribution in [0.15, 0.2) is 54.6 Å². The molecule has 9 heteroatoms. The van der Waals surface area contributed by atoms with Crippen LogP contribution < -0.4 is 14.4 Å². The van der Waals surface area contributed by atoms with E-state index in [0.717, 1.165) is 41.8 Å². The minimum atomic E-state index is -3.76. The normalized spacial score (nSPS) is 15.1. The zero-order valence-electron chi connectivity index (χ0n) is 21.4. The molecule has 3 rings (SSSR count). The summed E-state index contributed by atoms with van der Waals surface area (Å²) in [7, 11) is -2.23. The van der Waals surface area contributed by atoms with Gasteiger partial charge in [-0.3, -0.25) is 13.9 Å². The Labute approximate surface area is 214 Å². The first kappa shape index (κ1) is 27.5. The summed E-state index contributed by atoms with van der Waals surface area (Å²) in [5.41, 5.74) is 1.39. The highest BCUT2D eigenvalue weighted by molar-refractivity contribution is 7.92. The third-order valence-electron chi connectivity index (χ3n) is 6.64. The Bertz CT molecular complexity index is 1100. The van der Waals surface area contributed by atoms with Crippen LogP contribution >= 0.6 is 0 Å². The minimum absolute atomic E-state index is 0.117. The van der Waals surface area contributed by atoms with Crippen LogP contribution in [0.25, 0.3) is 0 Å². The molecule has 1 aliphatic rings. The summed E-state index contributed by atoms with van der Waals surface area (Å²) in [6.45, 7) is 1.60. The molecule has 1 N–H and O–H groups in total. The van der Waals surface area contributed by atoms with E-state index in [1.165, 1.54) is 18.4 Å². The van der Waals surface area contributed by atoms with Gasteiger partial charge in [0.2, 0.25) is 21.8 Å². The molecule has 1 atom stereocenters. The second-order valence-corrected chi connectivity index (χ2v) is 11.2. The van der Waals surface area contributed by atoms with E-state index < -0.39 is 28.5 Å². The molecule has 0 radical (unpaired) electrons. The number of ether oxygens (including phenoxy) is 1. The first-order valence-corrected chi connectivity index (χ1v) is 14.3. The number of nitrogens with one attached hydrogen (secondary N) is 1. The molecule has 0 spiro atoms. The summed E-state index contributed by atoms with van der Waals surface area (Å²) >= 11 is 0. The number of benzene rings is 2. The van der Waals surface area contributed by atoms with Gasteiger partial charge in [-0.25, -0.2) is 8.42 Å². The molecule has 0 heterocycles. The first-order chi connectivity index (χ1) is 17.2. The van der Waals surface area contributed by atoms with Crippen molar-refractivity contribution >= 4 is 27.5 Å². The third-order valence-corrected chi connectivity index (χ3v) is 7.78. The van der Waals surface area contributed by atoms with E-state index in [-0.39, 0.29) is 11.9 Å². The van der Waals surface area contributed by atoms with Crippen LogP contribution in [-0.2, 0) is 26.0 Å². The molecule has 2 aromatic carbocycles. The molecule has 0 aliphatic heterocycles. The number of amides is 2. The van der Waals surface area contributed by atoms with Crippen LogP contribution in [0.3, 0.4) is 0 Å². The molecular formula is C27H37N3O5S. The SMILES string of the molecule is COc1ccc(N(CC(=O)N(CCc2ccccc2)[C@@H](C)C(=O)NC2CCCCC2)S(C)(=O)=O)cc1. The molecule has 196 valence electrons. The van der Waals surface area contributed by atoms with Crippen molar-refractivity contribution < 1.29 is 22.7 Å². The van der Waals surface area contributed by atoms with E-state index in [0.29, 0.717) is 24.4 Å². The van der Waals surface area contributed by atoms with Gasteiger partial charge in [0, 0.05) is 12.6 Å². The fourth-order valence-electron chi connectivity index (χ4n) is 4.50. The molecule has 0 bridgehead atoms. The summed E-state index contributed by atoms with van der Waals surface area (Å²) in [5, 5.41) is 3.10. The lowest BCUT2D eigenvalue weighted by Crippen LogP contribution is -2.53. The van der Waals surface area contributed by atoms with Crippen LogP contribution in [0.5, 0.6) is 5.75 Å². The highest BCUT2D eigenvalue weighted by Gasteiger charge is 2.30. The highest BCUT2D eigenvalue weighted by Crippen LogP contribution is 2.22. The highest BCUT2D eigenvalue weighted by atomic mass is 32.2. The maximum atomic E-state index is 13.6. The summed E-state index contributed by atoms with van der Waals surface area (Å²) in [6.07, 6.45) is 6.84. The second-order valence-electron chi connectivity index (χ2n) is 9.31. The minimum Gasteiger partial charge on any atom is -0.497 e. The van der Waals surface area contributed by atoms with Gasteiger partial charge in [-0.2, -0.15) is 0 Å². The molecule has 0 aromatic heterocycles. The molecule has 0 saturated heterocycles. The van der Waals surface area contributed by atoms with E-state index in [4.69, 9.17) is 4.74 Å². The van der Waals surface area contributed by atoms with Crippen molar-refractivity contribution in [1.29, 1.82) is 0 Å². The lowest BCUT2D eigenvalue weighted by molar-refractivity contribution is -0.139. The van der Waals surface area contributed by atoms with Gasteiger partial charge in [0.05, 0.1) is 19.1 Å². The van der Waals surface area contributed by atoms with E-state index in [2.05, 4.69) is 5.32 Å².